The molecule has 3 rings (SSSR count). The standard InChI is InChI=1S/C52H79NO6/c1-3-5-7-9-11-13-15-17-18-20-22-24-26-28-30-36-51(55)59-49(42-57-50(54)35-29-27-25-23-21-19-16-14-12-10-8-6-4-2)43-58-52(56)53-48-38-37-46-39-44-33-31-32-34-45(44)40-47(46)41-48/h17-18,31-34,37-41,49H,3-16,19-30,35-36,42-43H2,1-2H3,(H,53,56)/b18-17-/t49-/m1/s1. The van der Waals surface area contributed by atoms with Gasteiger partial charge in [0.15, 0.2) is 6.10 Å². The van der Waals surface area contributed by atoms with Crippen LogP contribution in [0.3, 0.4) is 0 Å². The van der Waals surface area contributed by atoms with Crippen LogP contribution in [0.1, 0.15) is 194 Å². The Labute approximate surface area is 357 Å². The smallest absolute Gasteiger partial charge is 0.411 e. The first-order chi connectivity index (χ1) is 29.0. The van der Waals surface area contributed by atoms with Gasteiger partial charge >= 0.3 is 18.0 Å². The molecule has 3 aromatic rings. The fourth-order valence-electron chi connectivity index (χ4n) is 7.59. The Morgan fingerprint density at radius 3 is 1.47 bits per heavy atom. The van der Waals surface area contributed by atoms with Crippen molar-refractivity contribution in [3.05, 3.63) is 66.7 Å². The Kier molecular flexibility index (Phi) is 27.6. The maximum Gasteiger partial charge on any atom is 0.411 e. The maximum atomic E-state index is 12.9. The molecule has 1 amide bonds. The number of carbonyl (C=O) groups excluding carboxylic acids is 3. The Morgan fingerprint density at radius 1 is 0.492 bits per heavy atom. The summed E-state index contributed by atoms with van der Waals surface area (Å²) in [5.74, 6) is -0.689. The second-order valence-corrected chi connectivity index (χ2v) is 16.6. The molecule has 1 atom stereocenters. The van der Waals surface area contributed by atoms with Gasteiger partial charge in [-0.2, -0.15) is 0 Å². The molecule has 328 valence electrons. The SMILES string of the molecule is CCCCCCCC/C=C\CCCCCCCC(=O)O[C@H](COC(=O)CCCCCCCCCCCCCCC)COC(=O)Nc1ccc2cc3ccccc3cc2c1. The van der Waals surface area contributed by atoms with E-state index < -0.39 is 12.2 Å². The van der Waals surface area contributed by atoms with E-state index in [-0.39, 0.29) is 31.6 Å². The van der Waals surface area contributed by atoms with Crippen LogP contribution in [-0.2, 0) is 23.8 Å². The van der Waals surface area contributed by atoms with Gasteiger partial charge in [-0.3, -0.25) is 14.9 Å². The number of carbonyl (C=O) groups is 3. The molecule has 0 saturated heterocycles. The second kappa shape index (κ2) is 32.9. The molecule has 0 unspecified atom stereocenters. The van der Waals surface area contributed by atoms with Crippen molar-refractivity contribution in [1.29, 1.82) is 0 Å². The van der Waals surface area contributed by atoms with Gasteiger partial charge in [0.25, 0.3) is 0 Å². The molecule has 0 radical (unpaired) electrons. The van der Waals surface area contributed by atoms with Crippen LogP contribution >= 0.6 is 0 Å². The second-order valence-electron chi connectivity index (χ2n) is 16.6. The normalized spacial score (nSPS) is 12.0. The Bertz CT molecular complexity index is 1600. The topological polar surface area (TPSA) is 90.9 Å². The lowest BCUT2D eigenvalue weighted by molar-refractivity contribution is -0.161. The average molecular weight is 814 g/mol. The number of anilines is 1. The Morgan fingerprint density at radius 2 is 0.932 bits per heavy atom. The van der Waals surface area contributed by atoms with E-state index in [9.17, 15) is 14.4 Å². The van der Waals surface area contributed by atoms with Gasteiger partial charge in [-0.1, -0.05) is 185 Å². The van der Waals surface area contributed by atoms with Crippen LogP contribution in [0, 0.1) is 0 Å². The number of unbranched alkanes of at least 4 members (excludes halogenated alkanes) is 23. The van der Waals surface area contributed by atoms with E-state index in [1.165, 1.54) is 116 Å². The van der Waals surface area contributed by atoms with Crippen molar-refractivity contribution in [2.24, 2.45) is 0 Å². The first kappa shape index (κ1) is 49.5. The first-order valence-corrected chi connectivity index (χ1v) is 23.8. The number of rotatable bonds is 35. The third-order valence-corrected chi connectivity index (χ3v) is 11.2. The highest BCUT2D eigenvalue weighted by Crippen LogP contribution is 2.25. The largest absolute Gasteiger partial charge is 0.462 e. The zero-order valence-electron chi connectivity index (χ0n) is 37.1. The van der Waals surface area contributed by atoms with E-state index in [1.807, 2.05) is 30.3 Å². The van der Waals surface area contributed by atoms with E-state index in [0.717, 1.165) is 72.9 Å². The molecule has 0 aliphatic carbocycles. The van der Waals surface area contributed by atoms with Gasteiger partial charge in [-0.15, -0.1) is 0 Å². The monoisotopic (exact) mass is 814 g/mol. The maximum absolute atomic E-state index is 12.9. The van der Waals surface area contributed by atoms with Gasteiger partial charge < -0.3 is 14.2 Å². The van der Waals surface area contributed by atoms with Gasteiger partial charge in [-0.05, 0) is 84.3 Å². The number of amides is 1. The number of hydrogen-bond acceptors (Lipinski definition) is 6. The summed E-state index contributed by atoms with van der Waals surface area (Å²) in [7, 11) is 0. The minimum Gasteiger partial charge on any atom is -0.462 e. The van der Waals surface area contributed by atoms with Crippen LogP contribution in [0.25, 0.3) is 21.5 Å². The number of ether oxygens (including phenoxy) is 3. The lowest BCUT2D eigenvalue weighted by Gasteiger charge is -2.18. The first-order valence-electron chi connectivity index (χ1n) is 23.8. The molecule has 59 heavy (non-hydrogen) atoms. The average Bonchev–Trinajstić information content (AvgIpc) is 3.24. The summed E-state index contributed by atoms with van der Waals surface area (Å²) in [6, 6.07) is 18.1. The summed E-state index contributed by atoms with van der Waals surface area (Å²) in [5, 5.41) is 7.14. The van der Waals surface area contributed by atoms with Crippen molar-refractivity contribution < 1.29 is 28.6 Å². The van der Waals surface area contributed by atoms with Crippen LogP contribution in [0.4, 0.5) is 10.5 Å². The number of fused-ring (bicyclic) bond motifs is 2. The summed E-state index contributed by atoms with van der Waals surface area (Å²) in [4.78, 5) is 38.4. The summed E-state index contributed by atoms with van der Waals surface area (Å²) < 4.78 is 16.8. The van der Waals surface area contributed by atoms with Crippen LogP contribution in [0.15, 0.2) is 66.7 Å². The lowest BCUT2D eigenvalue weighted by Crippen LogP contribution is -2.31. The van der Waals surface area contributed by atoms with Crippen molar-refractivity contribution in [2.75, 3.05) is 18.5 Å². The minimum absolute atomic E-state index is 0.147. The fraction of sp³-hybridized carbons (Fsp3) is 0.635. The highest BCUT2D eigenvalue weighted by atomic mass is 16.6. The van der Waals surface area contributed by atoms with Crippen LogP contribution in [-0.4, -0.2) is 37.3 Å². The van der Waals surface area contributed by atoms with Gasteiger partial charge in [-0.25, -0.2) is 4.79 Å². The van der Waals surface area contributed by atoms with Crippen molar-refractivity contribution in [2.45, 2.75) is 200 Å². The summed E-state index contributed by atoms with van der Waals surface area (Å²) in [6.07, 6.45) is 35.2. The third-order valence-electron chi connectivity index (χ3n) is 11.2. The predicted molar refractivity (Wildman–Crippen MR) is 247 cm³/mol. The van der Waals surface area contributed by atoms with E-state index in [0.29, 0.717) is 12.1 Å². The molecule has 0 aliphatic rings. The summed E-state index contributed by atoms with van der Waals surface area (Å²) in [5.41, 5.74) is 0.597. The molecule has 1 N–H and O–H groups in total. The van der Waals surface area contributed by atoms with Gasteiger partial charge in [0.2, 0.25) is 0 Å². The Balaban J connectivity index is 1.35. The zero-order chi connectivity index (χ0) is 42.0. The summed E-state index contributed by atoms with van der Waals surface area (Å²) in [6.45, 7) is 4.15. The van der Waals surface area contributed by atoms with Crippen LogP contribution in [0.5, 0.6) is 0 Å². The molecule has 0 spiro atoms. The molecule has 0 aromatic heterocycles. The highest BCUT2D eigenvalue weighted by Gasteiger charge is 2.20. The van der Waals surface area contributed by atoms with Crippen LogP contribution < -0.4 is 5.32 Å². The molecule has 7 heteroatoms. The van der Waals surface area contributed by atoms with Crippen molar-refractivity contribution in [3.63, 3.8) is 0 Å². The van der Waals surface area contributed by atoms with E-state index >= 15 is 0 Å². The third kappa shape index (κ3) is 24.1. The van der Waals surface area contributed by atoms with Crippen molar-refractivity contribution in [1.82, 2.24) is 0 Å². The van der Waals surface area contributed by atoms with Gasteiger partial charge in [0.05, 0.1) is 0 Å². The molecule has 3 aromatic carbocycles. The molecule has 0 saturated carbocycles. The molecule has 0 bridgehead atoms. The lowest BCUT2D eigenvalue weighted by atomic mass is 10.0. The van der Waals surface area contributed by atoms with Gasteiger partial charge in [0, 0.05) is 18.5 Å². The summed E-state index contributed by atoms with van der Waals surface area (Å²) >= 11 is 0. The van der Waals surface area contributed by atoms with E-state index in [2.05, 4.69) is 55.6 Å². The molecular formula is C52H79NO6. The van der Waals surface area contributed by atoms with Crippen molar-refractivity contribution in [3.8, 4) is 0 Å². The zero-order valence-corrected chi connectivity index (χ0v) is 37.1. The molecular weight excluding hydrogens is 735 g/mol. The van der Waals surface area contributed by atoms with Crippen molar-refractivity contribution >= 4 is 45.3 Å². The van der Waals surface area contributed by atoms with E-state index in [1.54, 1.807) is 0 Å². The quantitative estimate of drug-likeness (QED) is 0.0209. The van der Waals surface area contributed by atoms with Gasteiger partial charge in [0.1, 0.15) is 13.2 Å². The highest BCUT2D eigenvalue weighted by molar-refractivity contribution is 6.00. The number of nitrogens with one attached hydrogen (secondary N) is 1. The number of allylic oxidation sites excluding steroid dienone is 2. The number of hydrogen-bond donors (Lipinski definition) is 1. The molecule has 0 aliphatic heterocycles. The molecule has 0 fully saturated rings. The van der Waals surface area contributed by atoms with Crippen LogP contribution in [0.2, 0.25) is 0 Å². The molecule has 0 heterocycles. The Hall–Kier alpha value is -3.87. The molecule has 7 nitrogen and oxygen atoms in total. The fourth-order valence-corrected chi connectivity index (χ4v) is 7.59. The van der Waals surface area contributed by atoms with E-state index in [4.69, 9.17) is 14.2 Å². The predicted octanol–water partition coefficient (Wildman–Crippen LogP) is 15.5. The minimum atomic E-state index is -0.880. The number of esters is 2. The number of benzene rings is 3.